The molecular weight excluding hydrogens is 282 g/mol. The maximum Gasteiger partial charge on any atom is 0.322 e. The fourth-order valence-corrected chi connectivity index (χ4v) is 3.08. The number of hydrogen-bond donors (Lipinski definition) is 2. The van der Waals surface area contributed by atoms with Gasteiger partial charge in [0, 0.05) is 7.11 Å². The molecule has 20 heavy (non-hydrogen) atoms. The predicted molar refractivity (Wildman–Crippen MR) is 73.7 cm³/mol. The Morgan fingerprint density at radius 1 is 1.40 bits per heavy atom. The number of sulfonamides is 1. The van der Waals surface area contributed by atoms with Crippen molar-refractivity contribution in [2.45, 2.75) is 31.4 Å². The third kappa shape index (κ3) is 4.29. The first kappa shape index (κ1) is 16.6. The number of aliphatic carboxylic acids is 1. The molecule has 6 nitrogen and oxygen atoms in total. The Bertz CT molecular complexity index is 568. The van der Waals surface area contributed by atoms with E-state index in [0.29, 0.717) is 5.56 Å². The van der Waals surface area contributed by atoms with Crippen LogP contribution in [0.3, 0.4) is 0 Å². The number of carbonyl (C=O) groups is 1. The molecule has 0 saturated heterocycles. The Kier molecular flexibility index (Phi) is 5.67. The van der Waals surface area contributed by atoms with Gasteiger partial charge in [-0.25, -0.2) is 8.42 Å². The summed E-state index contributed by atoms with van der Waals surface area (Å²) in [5, 5.41) is 9.05. The van der Waals surface area contributed by atoms with E-state index in [9.17, 15) is 13.2 Å². The molecule has 112 valence electrons. The molecule has 0 fully saturated rings. The van der Waals surface area contributed by atoms with Gasteiger partial charge in [0.1, 0.15) is 6.04 Å². The maximum atomic E-state index is 12.2. The average molecular weight is 301 g/mol. The highest BCUT2D eigenvalue weighted by molar-refractivity contribution is 7.89. The Labute approximate surface area is 118 Å². The van der Waals surface area contributed by atoms with Gasteiger partial charge < -0.3 is 9.84 Å². The number of nitrogens with one attached hydrogen (secondary N) is 1. The molecule has 2 N–H and O–H groups in total. The van der Waals surface area contributed by atoms with Crippen molar-refractivity contribution in [2.75, 3.05) is 7.11 Å². The van der Waals surface area contributed by atoms with Crippen molar-refractivity contribution in [1.29, 1.82) is 0 Å². The number of rotatable bonds is 7. The van der Waals surface area contributed by atoms with Gasteiger partial charge in [-0.3, -0.25) is 4.79 Å². The first-order chi connectivity index (χ1) is 9.27. The summed E-state index contributed by atoms with van der Waals surface area (Å²) in [5.74, 6) is -1.55. The van der Waals surface area contributed by atoms with Gasteiger partial charge >= 0.3 is 5.97 Å². The van der Waals surface area contributed by atoms with Crippen LogP contribution < -0.4 is 4.72 Å². The number of benzene rings is 1. The van der Waals surface area contributed by atoms with E-state index in [2.05, 4.69) is 4.72 Å². The molecular formula is C13H19NO5S. The minimum absolute atomic E-state index is 0.0268. The van der Waals surface area contributed by atoms with Crippen molar-refractivity contribution < 1.29 is 23.1 Å². The molecule has 0 aliphatic heterocycles. The second-order valence-electron chi connectivity index (χ2n) is 4.76. The zero-order valence-corrected chi connectivity index (χ0v) is 12.5. The van der Waals surface area contributed by atoms with Gasteiger partial charge in [0.25, 0.3) is 0 Å². The first-order valence-electron chi connectivity index (χ1n) is 6.11. The van der Waals surface area contributed by atoms with E-state index in [1.165, 1.54) is 19.2 Å². The first-order valence-corrected chi connectivity index (χ1v) is 7.59. The zero-order chi connectivity index (χ0) is 15.3. The SMILES string of the molecule is COCc1cccc(S(=O)(=O)N[C@H](C(=O)O)C(C)C)c1. The van der Waals surface area contributed by atoms with Crippen LogP contribution in [0.4, 0.5) is 0 Å². The van der Waals surface area contributed by atoms with Crippen LogP contribution in [0.15, 0.2) is 29.2 Å². The van der Waals surface area contributed by atoms with Crippen LogP contribution in [0, 0.1) is 5.92 Å². The monoisotopic (exact) mass is 301 g/mol. The van der Waals surface area contributed by atoms with Crippen LogP contribution >= 0.6 is 0 Å². The van der Waals surface area contributed by atoms with Crippen molar-refractivity contribution in [3.05, 3.63) is 29.8 Å². The largest absolute Gasteiger partial charge is 0.480 e. The lowest BCUT2D eigenvalue weighted by Crippen LogP contribution is -2.44. The molecule has 7 heteroatoms. The average Bonchev–Trinajstić information content (AvgIpc) is 2.36. The highest BCUT2D eigenvalue weighted by Crippen LogP contribution is 2.14. The van der Waals surface area contributed by atoms with Crippen molar-refractivity contribution in [2.24, 2.45) is 5.92 Å². The van der Waals surface area contributed by atoms with Gasteiger partial charge in [-0.15, -0.1) is 0 Å². The van der Waals surface area contributed by atoms with Crippen molar-refractivity contribution in [1.82, 2.24) is 4.72 Å². The van der Waals surface area contributed by atoms with Gasteiger partial charge in [0.15, 0.2) is 0 Å². The lowest BCUT2D eigenvalue weighted by atomic mass is 10.1. The van der Waals surface area contributed by atoms with Gasteiger partial charge in [-0.2, -0.15) is 4.72 Å². The third-order valence-corrected chi connectivity index (χ3v) is 4.17. The van der Waals surface area contributed by atoms with E-state index in [1.54, 1.807) is 26.0 Å². The molecule has 1 rings (SSSR count). The van der Waals surface area contributed by atoms with E-state index in [-0.39, 0.29) is 17.4 Å². The Morgan fingerprint density at radius 2 is 2.05 bits per heavy atom. The second kappa shape index (κ2) is 6.83. The molecule has 0 aliphatic rings. The second-order valence-corrected chi connectivity index (χ2v) is 6.48. The molecule has 0 radical (unpaired) electrons. The van der Waals surface area contributed by atoms with Gasteiger partial charge in [-0.05, 0) is 23.6 Å². The molecule has 0 aromatic heterocycles. The summed E-state index contributed by atoms with van der Waals surface area (Å²) in [6.45, 7) is 3.57. The van der Waals surface area contributed by atoms with Crippen LogP contribution in [0.1, 0.15) is 19.4 Å². The molecule has 0 bridgehead atoms. The number of carboxylic acids is 1. The van der Waals surface area contributed by atoms with E-state index in [0.717, 1.165) is 0 Å². The minimum atomic E-state index is -3.88. The summed E-state index contributed by atoms with van der Waals surface area (Å²) >= 11 is 0. The highest BCUT2D eigenvalue weighted by atomic mass is 32.2. The lowest BCUT2D eigenvalue weighted by Gasteiger charge is -2.18. The molecule has 0 heterocycles. The molecule has 1 atom stereocenters. The topological polar surface area (TPSA) is 92.7 Å². The van der Waals surface area contributed by atoms with E-state index in [1.807, 2.05) is 0 Å². The van der Waals surface area contributed by atoms with Crippen LogP contribution in [0.5, 0.6) is 0 Å². The Balaban J connectivity index is 3.04. The molecule has 0 aliphatic carbocycles. The summed E-state index contributed by atoms with van der Waals surface area (Å²) < 4.78 is 31.5. The maximum absolute atomic E-state index is 12.2. The van der Waals surface area contributed by atoms with Crippen molar-refractivity contribution >= 4 is 16.0 Å². The Morgan fingerprint density at radius 3 is 2.55 bits per heavy atom. The third-order valence-electron chi connectivity index (χ3n) is 2.73. The summed E-state index contributed by atoms with van der Waals surface area (Å²) in [7, 11) is -2.36. The number of ether oxygens (including phenoxy) is 1. The zero-order valence-electron chi connectivity index (χ0n) is 11.7. The van der Waals surface area contributed by atoms with Crippen molar-refractivity contribution in [3.8, 4) is 0 Å². The highest BCUT2D eigenvalue weighted by Gasteiger charge is 2.27. The Hall–Kier alpha value is -1.44. The van der Waals surface area contributed by atoms with E-state index >= 15 is 0 Å². The van der Waals surface area contributed by atoms with E-state index < -0.39 is 22.0 Å². The fraction of sp³-hybridized carbons (Fsp3) is 0.462. The fourth-order valence-electron chi connectivity index (χ4n) is 1.68. The van der Waals surface area contributed by atoms with Gasteiger partial charge in [0.05, 0.1) is 11.5 Å². The number of hydrogen-bond acceptors (Lipinski definition) is 4. The smallest absolute Gasteiger partial charge is 0.322 e. The van der Waals surface area contributed by atoms with Crippen LogP contribution in [-0.4, -0.2) is 32.6 Å². The summed E-state index contributed by atoms with van der Waals surface area (Å²) in [5.41, 5.74) is 0.701. The molecule has 1 aromatic rings. The number of methoxy groups -OCH3 is 1. The number of carboxylic acid groups (broad SMARTS) is 1. The minimum Gasteiger partial charge on any atom is -0.480 e. The molecule has 0 spiro atoms. The molecule has 0 unspecified atom stereocenters. The quantitative estimate of drug-likeness (QED) is 0.790. The van der Waals surface area contributed by atoms with Gasteiger partial charge in [0.2, 0.25) is 10.0 Å². The molecule has 0 amide bonds. The predicted octanol–water partition coefficient (Wildman–Crippen LogP) is 1.22. The normalized spacial score (nSPS) is 13.4. The van der Waals surface area contributed by atoms with Crippen LogP contribution in [0.2, 0.25) is 0 Å². The molecule has 0 saturated carbocycles. The van der Waals surface area contributed by atoms with Crippen LogP contribution in [0.25, 0.3) is 0 Å². The summed E-state index contributed by atoms with van der Waals surface area (Å²) in [6.07, 6.45) is 0. The summed E-state index contributed by atoms with van der Waals surface area (Å²) in [6, 6.07) is 5.05. The standard InChI is InChI=1S/C13H19NO5S/c1-9(2)12(13(15)16)14-20(17,18)11-6-4-5-10(7-11)8-19-3/h4-7,9,12,14H,8H2,1-3H3,(H,15,16)/t12-/m0/s1. The van der Waals surface area contributed by atoms with Crippen LogP contribution in [-0.2, 0) is 26.2 Å². The lowest BCUT2D eigenvalue weighted by molar-refractivity contribution is -0.140. The van der Waals surface area contributed by atoms with E-state index in [4.69, 9.17) is 9.84 Å². The van der Waals surface area contributed by atoms with Crippen molar-refractivity contribution in [3.63, 3.8) is 0 Å². The van der Waals surface area contributed by atoms with Gasteiger partial charge in [-0.1, -0.05) is 26.0 Å². The molecule has 1 aromatic carbocycles. The summed E-state index contributed by atoms with van der Waals surface area (Å²) in [4.78, 5) is 11.1.